The quantitative estimate of drug-likeness (QED) is 0.615. The third kappa shape index (κ3) is 4.79. The summed E-state index contributed by atoms with van der Waals surface area (Å²) in [6.07, 6.45) is 5.20. The van der Waals surface area contributed by atoms with Crippen LogP contribution >= 0.6 is 11.3 Å². The molecule has 1 aromatic carbocycles. The van der Waals surface area contributed by atoms with Crippen LogP contribution in [0, 0.1) is 0 Å². The number of carbonyl (C=O) groups excluding carboxylic acids is 1. The standard InChI is InChI=1S/C19H18FN3O3S/c20-8-9-23-11-15(19(25)26)16(12-23)22-17(24)7-6-14-10-21-18(27-14)13-4-2-1-3-5-13/h1-5,10-12H,6-9H2,(H,22,24)(H,25,26). The monoisotopic (exact) mass is 387 g/mol. The number of anilines is 1. The molecule has 0 atom stereocenters. The number of carbonyl (C=O) groups is 2. The Labute approximate surface area is 159 Å². The number of carboxylic acid groups (broad SMARTS) is 1. The van der Waals surface area contributed by atoms with Gasteiger partial charge in [0.05, 0.1) is 12.2 Å². The molecular formula is C19H18FN3O3S. The van der Waals surface area contributed by atoms with Crippen molar-refractivity contribution in [3.8, 4) is 10.6 Å². The Morgan fingerprint density at radius 2 is 2.00 bits per heavy atom. The zero-order valence-corrected chi connectivity index (χ0v) is 15.2. The molecule has 2 heterocycles. The summed E-state index contributed by atoms with van der Waals surface area (Å²) in [4.78, 5) is 28.8. The zero-order chi connectivity index (χ0) is 19.2. The number of halogens is 1. The largest absolute Gasteiger partial charge is 0.478 e. The number of carboxylic acids is 1. The van der Waals surface area contributed by atoms with E-state index in [2.05, 4.69) is 10.3 Å². The molecule has 3 rings (SSSR count). The van der Waals surface area contributed by atoms with E-state index in [1.54, 1.807) is 6.20 Å². The molecule has 0 aliphatic carbocycles. The van der Waals surface area contributed by atoms with Crippen molar-refractivity contribution in [1.29, 1.82) is 0 Å². The number of amides is 1. The molecule has 140 valence electrons. The first kappa shape index (κ1) is 18.8. The van der Waals surface area contributed by atoms with E-state index in [9.17, 15) is 19.1 Å². The van der Waals surface area contributed by atoms with E-state index >= 15 is 0 Å². The number of aromatic carboxylic acids is 1. The number of benzene rings is 1. The van der Waals surface area contributed by atoms with Gasteiger partial charge in [-0.15, -0.1) is 11.3 Å². The lowest BCUT2D eigenvalue weighted by atomic mass is 10.2. The van der Waals surface area contributed by atoms with Gasteiger partial charge in [0.1, 0.15) is 17.2 Å². The highest BCUT2D eigenvalue weighted by Crippen LogP contribution is 2.25. The fourth-order valence-electron chi connectivity index (χ4n) is 2.59. The van der Waals surface area contributed by atoms with Crippen molar-refractivity contribution in [3.63, 3.8) is 0 Å². The molecule has 0 fully saturated rings. The van der Waals surface area contributed by atoms with E-state index in [0.29, 0.717) is 6.42 Å². The number of aromatic nitrogens is 2. The van der Waals surface area contributed by atoms with Crippen LogP contribution in [0.25, 0.3) is 10.6 Å². The highest BCUT2D eigenvalue weighted by molar-refractivity contribution is 7.15. The Morgan fingerprint density at radius 1 is 1.22 bits per heavy atom. The molecule has 8 heteroatoms. The van der Waals surface area contributed by atoms with Crippen molar-refractivity contribution >= 4 is 28.9 Å². The molecule has 0 bridgehead atoms. The third-order valence-electron chi connectivity index (χ3n) is 3.90. The first-order chi connectivity index (χ1) is 13.1. The van der Waals surface area contributed by atoms with E-state index in [1.165, 1.54) is 28.3 Å². The van der Waals surface area contributed by atoms with E-state index in [4.69, 9.17) is 0 Å². The molecule has 3 aromatic rings. The number of nitrogens with one attached hydrogen (secondary N) is 1. The zero-order valence-electron chi connectivity index (χ0n) is 14.4. The maximum Gasteiger partial charge on any atom is 0.339 e. The first-order valence-electron chi connectivity index (χ1n) is 8.36. The lowest BCUT2D eigenvalue weighted by molar-refractivity contribution is -0.116. The lowest BCUT2D eigenvalue weighted by Crippen LogP contribution is -2.13. The van der Waals surface area contributed by atoms with Gasteiger partial charge >= 0.3 is 5.97 Å². The number of hydrogen-bond donors (Lipinski definition) is 2. The van der Waals surface area contributed by atoms with Crippen LogP contribution in [0.4, 0.5) is 10.1 Å². The third-order valence-corrected chi connectivity index (χ3v) is 5.01. The maximum atomic E-state index is 12.5. The van der Waals surface area contributed by atoms with Crippen LogP contribution in [0.2, 0.25) is 0 Å². The summed E-state index contributed by atoms with van der Waals surface area (Å²) in [7, 11) is 0. The fraction of sp³-hybridized carbons (Fsp3) is 0.211. The Bertz CT molecular complexity index is 937. The predicted octanol–water partition coefficient (Wildman–Crippen LogP) is 3.85. The van der Waals surface area contributed by atoms with Crippen molar-refractivity contribution in [1.82, 2.24) is 9.55 Å². The molecule has 0 unspecified atom stereocenters. The second kappa shape index (κ2) is 8.59. The molecule has 0 saturated carbocycles. The van der Waals surface area contributed by atoms with Gasteiger partial charge in [-0.25, -0.2) is 14.2 Å². The van der Waals surface area contributed by atoms with E-state index in [1.807, 2.05) is 30.3 Å². The van der Waals surface area contributed by atoms with Gasteiger partial charge in [0.25, 0.3) is 0 Å². The van der Waals surface area contributed by atoms with E-state index in [0.717, 1.165) is 15.4 Å². The minimum absolute atomic E-state index is 0.0410. The van der Waals surface area contributed by atoms with Gasteiger partial charge in [-0.2, -0.15) is 0 Å². The smallest absolute Gasteiger partial charge is 0.339 e. The number of nitrogens with zero attached hydrogens (tertiary/aromatic N) is 2. The molecule has 27 heavy (non-hydrogen) atoms. The van der Waals surface area contributed by atoms with Gasteiger partial charge in [0, 0.05) is 35.5 Å². The van der Waals surface area contributed by atoms with E-state index < -0.39 is 12.6 Å². The van der Waals surface area contributed by atoms with Crippen molar-refractivity contribution in [2.75, 3.05) is 12.0 Å². The Balaban J connectivity index is 1.60. The van der Waals surface area contributed by atoms with Crippen molar-refractivity contribution < 1.29 is 19.1 Å². The SMILES string of the molecule is O=C(CCc1cnc(-c2ccccc2)s1)Nc1cn(CCF)cc1C(=O)O. The number of thiazole rings is 1. The van der Waals surface area contributed by atoms with Crippen molar-refractivity contribution in [2.24, 2.45) is 0 Å². The summed E-state index contributed by atoms with van der Waals surface area (Å²) in [6, 6.07) is 9.78. The summed E-state index contributed by atoms with van der Waals surface area (Å²) in [5, 5.41) is 12.7. The van der Waals surface area contributed by atoms with E-state index in [-0.39, 0.29) is 30.1 Å². The summed E-state index contributed by atoms with van der Waals surface area (Å²) in [6.45, 7) is -0.574. The Hall–Kier alpha value is -3.00. The number of hydrogen-bond acceptors (Lipinski definition) is 4. The van der Waals surface area contributed by atoms with Gasteiger partial charge in [-0.05, 0) is 6.42 Å². The first-order valence-corrected chi connectivity index (χ1v) is 9.17. The average molecular weight is 387 g/mol. The van der Waals surface area contributed by atoms with Gasteiger partial charge in [0.15, 0.2) is 0 Å². The second-order valence-corrected chi connectivity index (χ2v) is 6.98. The average Bonchev–Trinajstić information content (AvgIpc) is 3.28. The molecule has 0 radical (unpaired) electrons. The molecule has 0 saturated heterocycles. The molecule has 0 aliphatic rings. The summed E-state index contributed by atoms with van der Waals surface area (Å²) >= 11 is 1.52. The summed E-state index contributed by atoms with van der Waals surface area (Å²) in [5.41, 5.74) is 1.15. The van der Waals surface area contributed by atoms with Gasteiger partial charge in [-0.3, -0.25) is 4.79 Å². The maximum absolute atomic E-state index is 12.5. The lowest BCUT2D eigenvalue weighted by Gasteiger charge is -2.03. The highest BCUT2D eigenvalue weighted by Gasteiger charge is 2.16. The molecule has 0 aliphatic heterocycles. The molecule has 2 aromatic heterocycles. The number of aryl methyl sites for hydroxylation is 2. The normalized spacial score (nSPS) is 10.7. The molecule has 1 amide bonds. The van der Waals surface area contributed by atoms with Crippen LogP contribution in [0.5, 0.6) is 0 Å². The van der Waals surface area contributed by atoms with Crippen LogP contribution in [-0.4, -0.2) is 33.2 Å². The van der Waals surface area contributed by atoms with Gasteiger partial charge in [-0.1, -0.05) is 30.3 Å². The van der Waals surface area contributed by atoms with Crippen LogP contribution in [0.3, 0.4) is 0 Å². The predicted molar refractivity (Wildman–Crippen MR) is 102 cm³/mol. The molecular weight excluding hydrogens is 369 g/mol. The summed E-state index contributed by atoms with van der Waals surface area (Å²) < 4.78 is 13.9. The molecule has 2 N–H and O–H groups in total. The molecule has 6 nitrogen and oxygen atoms in total. The number of alkyl halides is 1. The van der Waals surface area contributed by atoms with Crippen LogP contribution in [0.15, 0.2) is 48.9 Å². The van der Waals surface area contributed by atoms with Crippen LogP contribution < -0.4 is 5.32 Å². The summed E-state index contributed by atoms with van der Waals surface area (Å²) in [5.74, 6) is -1.47. The van der Waals surface area contributed by atoms with Crippen LogP contribution in [-0.2, 0) is 17.8 Å². The second-order valence-electron chi connectivity index (χ2n) is 5.86. The van der Waals surface area contributed by atoms with Gasteiger partial charge in [0.2, 0.25) is 5.91 Å². The minimum atomic E-state index is -1.17. The number of rotatable bonds is 8. The van der Waals surface area contributed by atoms with Crippen molar-refractivity contribution in [3.05, 3.63) is 59.4 Å². The molecule has 0 spiro atoms. The Kier molecular flexibility index (Phi) is 5.97. The van der Waals surface area contributed by atoms with Crippen molar-refractivity contribution in [2.45, 2.75) is 19.4 Å². The Morgan fingerprint density at radius 3 is 2.70 bits per heavy atom. The topological polar surface area (TPSA) is 84.2 Å². The highest BCUT2D eigenvalue weighted by atomic mass is 32.1. The van der Waals surface area contributed by atoms with Crippen LogP contribution in [0.1, 0.15) is 21.7 Å². The van der Waals surface area contributed by atoms with Gasteiger partial charge < -0.3 is 15.0 Å². The minimum Gasteiger partial charge on any atom is -0.478 e. The fourth-order valence-corrected chi connectivity index (χ4v) is 3.51.